The van der Waals surface area contributed by atoms with E-state index in [2.05, 4.69) is 26.1 Å². The SMILES string of the molecule is CCc1nnc(NC(=O)C(C)C(C)NC(=O)NCCCC(=O)O)s1. The molecule has 0 spiro atoms. The van der Waals surface area contributed by atoms with E-state index in [9.17, 15) is 14.4 Å². The van der Waals surface area contributed by atoms with Crippen molar-refractivity contribution in [1.29, 1.82) is 0 Å². The van der Waals surface area contributed by atoms with Crippen LogP contribution in [0.3, 0.4) is 0 Å². The molecule has 0 bridgehead atoms. The minimum Gasteiger partial charge on any atom is -0.481 e. The third-order valence-corrected chi connectivity index (χ3v) is 4.36. The Balaban J connectivity index is 2.36. The molecule has 2 atom stereocenters. The third kappa shape index (κ3) is 6.90. The van der Waals surface area contributed by atoms with Gasteiger partial charge in [0.05, 0.1) is 5.92 Å². The van der Waals surface area contributed by atoms with Gasteiger partial charge in [0.15, 0.2) is 0 Å². The van der Waals surface area contributed by atoms with E-state index in [0.29, 0.717) is 11.6 Å². The Kier molecular flexibility index (Phi) is 8.10. The molecule has 0 aromatic carbocycles. The summed E-state index contributed by atoms with van der Waals surface area (Å²) < 4.78 is 0. The van der Waals surface area contributed by atoms with Crippen molar-refractivity contribution in [2.24, 2.45) is 5.92 Å². The summed E-state index contributed by atoms with van der Waals surface area (Å²) in [7, 11) is 0. The number of aliphatic carboxylic acids is 1. The molecule has 9 nitrogen and oxygen atoms in total. The van der Waals surface area contributed by atoms with Crippen LogP contribution in [0, 0.1) is 5.92 Å². The second kappa shape index (κ2) is 9.81. The highest BCUT2D eigenvalue weighted by Gasteiger charge is 2.22. The van der Waals surface area contributed by atoms with Crippen molar-refractivity contribution in [2.45, 2.75) is 46.1 Å². The number of hydrogen-bond acceptors (Lipinski definition) is 6. The number of carboxylic acids is 1. The fourth-order valence-electron chi connectivity index (χ4n) is 1.72. The van der Waals surface area contributed by atoms with Gasteiger partial charge in [0, 0.05) is 19.0 Å². The molecule has 1 heterocycles. The lowest BCUT2D eigenvalue weighted by Gasteiger charge is -2.20. The lowest BCUT2D eigenvalue weighted by atomic mass is 10.0. The molecule has 0 radical (unpaired) electrons. The number of carboxylic acid groups (broad SMARTS) is 1. The number of carbonyl (C=O) groups excluding carboxylic acids is 2. The van der Waals surface area contributed by atoms with Gasteiger partial charge in [-0.3, -0.25) is 9.59 Å². The van der Waals surface area contributed by atoms with E-state index < -0.39 is 24.0 Å². The summed E-state index contributed by atoms with van der Waals surface area (Å²) in [5, 5.41) is 25.5. The quantitative estimate of drug-likeness (QED) is 0.491. The highest BCUT2D eigenvalue weighted by Crippen LogP contribution is 2.17. The molecule has 0 saturated heterocycles. The molecule has 0 fully saturated rings. The summed E-state index contributed by atoms with van der Waals surface area (Å²) in [5.74, 6) is -1.63. The number of aryl methyl sites for hydroxylation is 1. The lowest BCUT2D eigenvalue weighted by Crippen LogP contribution is -2.46. The maximum Gasteiger partial charge on any atom is 0.315 e. The van der Waals surface area contributed by atoms with Crippen molar-refractivity contribution in [3.05, 3.63) is 5.01 Å². The number of anilines is 1. The molecule has 0 aliphatic heterocycles. The molecule has 1 aromatic rings. The van der Waals surface area contributed by atoms with Crippen LogP contribution in [0.4, 0.5) is 9.93 Å². The average molecular weight is 357 g/mol. The topological polar surface area (TPSA) is 133 Å². The fraction of sp³-hybridized carbons (Fsp3) is 0.643. The Hall–Kier alpha value is -2.23. The first-order valence-corrected chi connectivity index (χ1v) is 8.54. The molecule has 0 aliphatic carbocycles. The minimum atomic E-state index is -0.904. The van der Waals surface area contributed by atoms with Crippen molar-refractivity contribution in [3.8, 4) is 0 Å². The molecular weight excluding hydrogens is 334 g/mol. The molecule has 4 N–H and O–H groups in total. The van der Waals surface area contributed by atoms with Gasteiger partial charge in [0.1, 0.15) is 5.01 Å². The van der Waals surface area contributed by atoms with Gasteiger partial charge >= 0.3 is 12.0 Å². The number of aromatic nitrogens is 2. The number of nitrogens with one attached hydrogen (secondary N) is 3. The van der Waals surface area contributed by atoms with Crippen molar-refractivity contribution in [1.82, 2.24) is 20.8 Å². The molecule has 1 rings (SSSR count). The number of hydrogen-bond donors (Lipinski definition) is 4. The van der Waals surface area contributed by atoms with Gasteiger partial charge in [0.25, 0.3) is 0 Å². The van der Waals surface area contributed by atoms with E-state index in [1.54, 1.807) is 13.8 Å². The van der Waals surface area contributed by atoms with Crippen LogP contribution in [-0.2, 0) is 16.0 Å². The second-order valence-electron chi connectivity index (χ2n) is 5.32. The Morgan fingerprint density at radius 2 is 1.96 bits per heavy atom. The summed E-state index contributed by atoms with van der Waals surface area (Å²) in [6, 6.07) is -0.834. The van der Waals surface area contributed by atoms with Gasteiger partial charge in [-0.25, -0.2) is 4.79 Å². The van der Waals surface area contributed by atoms with Gasteiger partial charge in [0.2, 0.25) is 11.0 Å². The van der Waals surface area contributed by atoms with E-state index in [-0.39, 0.29) is 18.9 Å². The zero-order valence-corrected chi connectivity index (χ0v) is 14.8. The normalized spacial score (nSPS) is 13.0. The number of amides is 3. The van der Waals surface area contributed by atoms with Crippen LogP contribution in [0.25, 0.3) is 0 Å². The molecule has 0 aliphatic rings. The highest BCUT2D eigenvalue weighted by molar-refractivity contribution is 7.15. The lowest BCUT2D eigenvalue weighted by molar-refractivity contribution is -0.137. The number of urea groups is 1. The first kappa shape index (κ1) is 19.8. The summed E-state index contributed by atoms with van der Waals surface area (Å²) in [4.78, 5) is 34.2. The Bertz CT molecular complexity index is 577. The Morgan fingerprint density at radius 1 is 1.25 bits per heavy atom. The summed E-state index contributed by atoms with van der Waals surface area (Å²) >= 11 is 1.32. The first-order valence-electron chi connectivity index (χ1n) is 7.72. The van der Waals surface area contributed by atoms with E-state index in [0.717, 1.165) is 11.4 Å². The van der Waals surface area contributed by atoms with Crippen molar-refractivity contribution < 1.29 is 19.5 Å². The minimum absolute atomic E-state index is 0.00373. The second-order valence-corrected chi connectivity index (χ2v) is 6.38. The van der Waals surface area contributed by atoms with Crippen LogP contribution < -0.4 is 16.0 Å². The maximum absolute atomic E-state index is 12.2. The smallest absolute Gasteiger partial charge is 0.315 e. The van der Waals surface area contributed by atoms with E-state index in [4.69, 9.17) is 5.11 Å². The largest absolute Gasteiger partial charge is 0.481 e. The molecular formula is C14H23N5O4S. The third-order valence-electron chi connectivity index (χ3n) is 3.37. The molecule has 3 amide bonds. The predicted octanol–water partition coefficient (Wildman–Crippen LogP) is 1.23. The fourth-order valence-corrected chi connectivity index (χ4v) is 2.40. The van der Waals surface area contributed by atoms with Crippen LogP contribution >= 0.6 is 11.3 Å². The van der Waals surface area contributed by atoms with Gasteiger partial charge in [-0.1, -0.05) is 25.2 Å². The molecule has 134 valence electrons. The summed E-state index contributed by atoms with van der Waals surface area (Å²) in [5.41, 5.74) is 0. The van der Waals surface area contributed by atoms with Gasteiger partial charge < -0.3 is 21.1 Å². The zero-order chi connectivity index (χ0) is 18.1. The monoisotopic (exact) mass is 357 g/mol. The molecule has 1 aromatic heterocycles. The first-order chi connectivity index (χ1) is 11.3. The molecule has 24 heavy (non-hydrogen) atoms. The maximum atomic E-state index is 12.2. The molecule has 0 saturated carbocycles. The van der Waals surface area contributed by atoms with Crippen LogP contribution in [0.2, 0.25) is 0 Å². The van der Waals surface area contributed by atoms with Gasteiger partial charge in [-0.05, 0) is 19.8 Å². The van der Waals surface area contributed by atoms with E-state index in [1.165, 1.54) is 11.3 Å². The van der Waals surface area contributed by atoms with Crippen LogP contribution in [0.15, 0.2) is 0 Å². The zero-order valence-electron chi connectivity index (χ0n) is 14.0. The van der Waals surface area contributed by atoms with Crippen molar-refractivity contribution in [3.63, 3.8) is 0 Å². The highest BCUT2D eigenvalue weighted by atomic mass is 32.1. The van der Waals surface area contributed by atoms with E-state index >= 15 is 0 Å². The van der Waals surface area contributed by atoms with Crippen LogP contribution in [0.1, 0.15) is 38.6 Å². The number of nitrogens with zero attached hydrogens (tertiary/aromatic N) is 2. The Labute approximate surface area is 144 Å². The summed E-state index contributed by atoms with van der Waals surface area (Å²) in [6.07, 6.45) is 1.10. The van der Waals surface area contributed by atoms with Gasteiger partial charge in [-0.15, -0.1) is 10.2 Å². The van der Waals surface area contributed by atoms with Crippen LogP contribution in [0.5, 0.6) is 0 Å². The predicted molar refractivity (Wildman–Crippen MR) is 89.9 cm³/mol. The Morgan fingerprint density at radius 3 is 2.54 bits per heavy atom. The molecule has 2 unspecified atom stereocenters. The average Bonchev–Trinajstić information content (AvgIpc) is 2.98. The van der Waals surface area contributed by atoms with Gasteiger partial charge in [-0.2, -0.15) is 0 Å². The summed E-state index contributed by atoms with van der Waals surface area (Å²) in [6.45, 7) is 5.64. The number of carbonyl (C=O) groups is 3. The van der Waals surface area contributed by atoms with Crippen molar-refractivity contribution >= 4 is 34.4 Å². The standard InChI is InChI=1S/C14H23N5O4S/c1-4-10-18-19-14(24-10)17-12(22)8(2)9(3)16-13(23)15-7-5-6-11(20)21/h8-9H,4-7H2,1-3H3,(H,20,21)(H2,15,16,23)(H,17,19,22). The van der Waals surface area contributed by atoms with E-state index in [1.807, 2.05) is 6.92 Å². The number of rotatable bonds is 9. The van der Waals surface area contributed by atoms with Crippen LogP contribution in [-0.4, -0.2) is 45.8 Å². The van der Waals surface area contributed by atoms with Crippen molar-refractivity contribution in [2.75, 3.05) is 11.9 Å². The molecule has 10 heteroatoms.